The van der Waals surface area contributed by atoms with Crippen molar-refractivity contribution in [1.29, 1.82) is 0 Å². The lowest BCUT2D eigenvalue weighted by Crippen LogP contribution is -2.09. The zero-order valence-electron chi connectivity index (χ0n) is 8.79. The van der Waals surface area contributed by atoms with Crippen molar-refractivity contribution in [3.63, 3.8) is 0 Å². The predicted octanol–water partition coefficient (Wildman–Crippen LogP) is 3.71. The van der Waals surface area contributed by atoms with Gasteiger partial charge in [0.25, 0.3) is 0 Å². The van der Waals surface area contributed by atoms with Crippen molar-refractivity contribution in [2.24, 2.45) is 0 Å². The SMILES string of the molecule is CC(C)Nc1ccnc2cc(Cl)ccc12. The Kier molecular flexibility index (Phi) is 2.78. The van der Waals surface area contributed by atoms with Crippen LogP contribution < -0.4 is 5.32 Å². The first kappa shape index (κ1) is 10.2. The fourth-order valence-electron chi connectivity index (χ4n) is 1.56. The lowest BCUT2D eigenvalue weighted by molar-refractivity contribution is 0.901. The summed E-state index contributed by atoms with van der Waals surface area (Å²) in [4.78, 5) is 4.29. The summed E-state index contributed by atoms with van der Waals surface area (Å²) in [7, 11) is 0. The molecule has 0 aliphatic carbocycles. The Labute approximate surface area is 94.3 Å². The minimum atomic E-state index is 0.409. The van der Waals surface area contributed by atoms with Crippen molar-refractivity contribution in [3.05, 3.63) is 35.5 Å². The highest BCUT2D eigenvalue weighted by molar-refractivity contribution is 6.31. The third-order valence-electron chi connectivity index (χ3n) is 2.15. The molecule has 2 aromatic rings. The molecule has 1 aromatic heterocycles. The lowest BCUT2D eigenvalue weighted by atomic mass is 10.2. The number of nitrogens with zero attached hydrogens (tertiary/aromatic N) is 1. The highest BCUT2D eigenvalue weighted by atomic mass is 35.5. The van der Waals surface area contributed by atoms with Crippen molar-refractivity contribution >= 4 is 28.2 Å². The fourth-order valence-corrected chi connectivity index (χ4v) is 1.72. The Morgan fingerprint density at radius 1 is 1.27 bits per heavy atom. The van der Waals surface area contributed by atoms with E-state index in [0.717, 1.165) is 21.6 Å². The summed E-state index contributed by atoms with van der Waals surface area (Å²) >= 11 is 5.92. The summed E-state index contributed by atoms with van der Waals surface area (Å²) in [5.74, 6) is 0. The molecule has 0 fully saturated rings. The molecule has 0 radical (unpaired) electrons. The number of aromatic nitrogens is 1. The van der Waals surface area contributed by atoms with Gasteiger partial charge in [-0.25, -0.2) is 0 Å². The van der Waals surface area contributed by atoms with Gasteiger partial charge < -0.3 is 5.32 Å². The second-order valence-electron chi connectivity index (χ2n) is 3.82. The van der Waals surface area contributed by atoms with Gasteiger partial charge in [-0.2, -0.15) is 0 Å². The van der Waals surface area contributed by atoms with Crippen LogP contribution in [0.2, 0.25) is 5.02 Å². The molecule has 0 aliphatic rings. The van der Waals surface area contributed by atoms with Crippen LogP contribution in [0.3, 0.4) is 0 Å². The van der Waals surface area contributed by atoms with Crippen LogP contribution in [0, 0.1) is 0 Å². The van der Waals surface area contributed by atoms with Crippen LogP contribution in [-0.2, 0) is 0 Å². The molecule has 2 rings (SSSR count). The van der Waals surface area contributed by atoms with Crippen LogP contribution in [-0.4, -0.2) is 11.0 Å². The molecule has 78 valence electrons. The zero-order chi connectivity index (χ0) is 10.8. The first-order chi connectivity index (χ1) is 7.16. The predicted molar refractivity (Wildman–Crippen MR) is 65.5 cm³/mol. The van der Waals surface area contributed by atoms with Gasteiger partial charge in [-0.3, -0.25) is 4.98 Å². The largest absolute Gasteiger partial charge is 0.382 e. The maximum atomic E-state index is 5.92. The first-order valence-electron chi connectivity index (χ1n) is 4.97. The van der Waals surface area contributed by atoms with Crippen molar-refractivity contribution < 1.29 is 0 Å². The van der Waals surface area contributed by atoms with E-state index in [1.165, 1.54) is 0 Å². The van der Waals surface area contributed by atoms with Gasteiger partial charge in [-0.15, -0.1) is 0 Å². The number of fused-ring (bicyclic) bond motifs is 1. The summed E-state index contributed by atoms with van der Waals surface area (Å²) in [6, 6.07) is 8.15. The number of halogens is 1. The third-order valence-corrected chi connectivity index (χ3v) is 2.38. The molecule has 0 aliphatic heterocycles. The summed E-state index contributed by atoms with van der Waals surface area (Å²) in [6.07, 6.45) is 1.80. The van der Waals surface area contributed by atoms with E-state index in [2.05, 4.69) is 24.1 Å². The standard InChI is InChI=1S/C12H13ClN2/c1-8(2)15-11-5-6-14-12-7-9(13)3-4-10(11)12/h3-8H,1-2H3,(H,14,15). The molecule has 0 atom stereocenters. The number of hydrogen-bond donors (Lipinski definition) is 1. The van der Waals surface area contributed by atoms with Crippen molar-refractivity contribution in [1.82, 2.24) is 4.98 Å². The van der Waals surface area contributed by atoms with Gasteiger partial charge in [0.2, 0.25) is 0 Å². The van der Waals surface area contributed by atoms with Crippen molar-refractivity contribution in [3.8, 4) is 0 Å². The number of pyridine rings is 1. The van der Waals surface area contributed by atoms with Gasteiger partial charge in [0.05, 0.1) is 5.52 Å². The summed E-state index contributed by atoms with van der Waals surface area (Å²) in [6.45, 7) is 4.23. The van der Waals surface area contributed by atoms with E-state index in [-0.39, 0.29) is 0 Å². The normalized spacial score (nSPS) is 10.9. The van der Waals surface area contributed by atoms with Crippen LogP contribution in [0.4, 0.5) is 5.69 Å². The van der Waals surface area contributed by atoms with E-state index < -0.39 is 0 Å². The quantitative estimate of drug-likeness (QED) is 0.835. The van der Waals surface area contributed by atoms with Gasteiger partial charge in [0.15, 0.2) is 0 Å². The Balaban J connectivity index is 2.56. The average molecular weight is 221 g/mol. The molecule has 0 unspecified atom stereocenters. The van der Waals surface area contributed by atoms with Gasteiger partial charge in [-0.1, -0.05) is 11.6 Å². The number of benzene rings is 1. The topological polar surface area (TPSA) is 24.9 Å². The molecular formula is C12H13ClN2. The molecule has 1 aromatic carbocycles. The molecule has 0 saturated heterocycles. The van der Waals surface area contributed by atoms with Crippen molar-refractivity contribution in [2.45, 2.75) is 19.9 Å². The van der Waals surface area contributed by atoms with Crippen LogP contribution in [0.15, 0.2) is 30.5 Å². The zero-order valence-corrected chi connectivity index (χ0v) is 9.55. The molecule has 0 bridgehead atoms. The summed E-state index contributed by atoms with van der Waals surface area (Å²) in [5, 5.41) is 5.21. The molecular weight excluding hydrogens is 208 g/mol. The minimum Gasteiger partial charge on any atom is -0.382 e. The van der Waals surface area contributed by atoms with Crippen LogP contribution in [0.5, 0.6) is 0 Å². The Morgan fingerprint density at radius 2 is 2.07 bits per heavy atom. The average Bonchev–Trinajstić information content (AvgIpc) is 2.16. The molecule has 1 heterocycles. The maximum absolute atomic E-state index is 5.92. The second kappa shape index (κ2) is 4.07. The van der Waals surface area contributed by atoms with E-state index in [4.69, 9.17) is 11.6 Å². The van der Waals surface area contributed by atoms with E-state index in [1.807, 2.05) is 24.3 Å². The van der Waals surface area contributed by atoms with E-state index in [9.17, 15) is 0 Å². The van der Waals surface area contributed by atoms with Gasteiger partial charge >= 0.3 is 0 Å². The molecule has 15 heavy (non-hydrogen) atoms. The smallest absolute Gasteiger partial charge is 0.0737 e. The molecule has 0 amide bonds. The number of rotatable bonds is 2. The van der Waals surface area contributed by atoms with E-state index >= 15 is 0 Å². The summed E-state index contributed by atoms with van der Waals surface area (Å²) in [5.41, 5.74) is 2.03. The van der Waals surface area contributed by atoms with Crippen molar-refractivity contribution in [2.75, 3.05) is 5.32 Å². The monoisotopic (exact) mass is 220 g/mol. The molecule has 1 N–H and O–H groups in total. The lowest BCUT2D eigenvalue weighted by Gasteiger charge is -2.12. The van der Waals surface area contributed by atoms with E-state index in [0.29, 0.717) is 6.04 Å². The van der Waals surface area contributed by atoms with Crippen LogP contribution in [0.25, 0.3) is 10.9 Å². The second-order valence-corrected chi connectivity index (χ2v) is 4.26. The maximum Gasteiger partial charge on any atom is 0.0737 e. The third kappa shape index (κ3) is 2.21. The Hall–Kier alpha value is -1.28. The number of nitrogens with one attached hydrogen (secondary N) is 1. The Bertz CT molecular complexity index is 480. The minimum absolute atomic E-state index is 0.409. The first-order valence-corrected chi connectivity index (χ1v) is 5.35. The van der Waals surface area contributed by atoms with Gasteiger partial charge in [0, 0.05) is 28.3 Å². The van der Waals surface area contributed by atoms with Crippen LogP contribution in [0.1, 0.15) is 13.8 Å². The van der Waals surface area contributed by atoms with E-state index in [1.54, 1.807) is 6.20 Å². The van der Waals surface area contributed by atoms with Gasteiger partial charge in [0.1, 0.15) is 0 Å². The molecule has 3 heteroatoms. The highest BCUT2D eigenvalue weighted by Gasteiger charge is 2.03. The molecule has 0 spiro atoms. The highest BCUT2D eigenvalue weighted by Crippen LogP contribution is 2.24. The molecule has 0 saturated carbocycles. The molecule has 2 nitrogen and oxygen atoms in total. The van der Waals surface area contributed by atoms with Gasteiger partial charge in [-0.05, 0) is 38.1 Å². The number of anilines is 1. The Morgan fingerprint density at radius 3 is 2.80 bits per heavy atom. The summed E-state index contributed by atoms with van der Waals surface area (Å²) < 4.78 is 0. The number of hydrogen-bond acceptors (Lipinski definition) is 2. The van der Waals surface area contributed by atoms with Crippen LogP contribution >= 0.6 is 11.6 Å². The fraction of sp³-hybridized carbons (Fsp3) is 0.250.